The van der Waals surface area contributed by atoms with Gasteiger partial charge in [-0.15, -0.1) is 11.3 Å². The summed E-state index contributed by atoms with van der Waals surface area (Å²) in [6.07, 6.45) is 5.53. The molecule has 0 saturated heterocycles. The molecule has 0 radical (unpaired) electrons. The summed E-state index contributed by atoms with van der Waals surface area (Å²) in [6.45, 7) is 3.61. The van der Waals surface area contributed by atoms with Crippen LogP contribution in [0, 0.1) is 6.92 Å². The van der Waals surface area contributed by atoms with Crippen LogP contribution in [0.3, 0.4) is 0 Å². The van der Waals surface area contributed by atoms with E-state index in [0.29, 0.717) is 55.9 Å². The zero-order chi connectivity index (χ0) is 28.5. The zero-order valence-corrected chi connectivity index (χ0v) is 23.6. The van der Waals surface area contributed by atoms with E-state index in [1.54, 1.807) is 31.3 Å². The summed E-state index contributed by atoms with van der Waals surface area (Å²) < 4.78 is 5.89. The highest BCUT2D eigenvalue weighted by molar-refractivity contribution is 7.21. The number of rotatable bonds is 7. The molecule has 210 valence electrons. The van der Waals surface area contributed by atoms with E-state index in [1.807, 2.05) is 37.3 Å². The lowest BCUT2D eigenvalue weighted by atomic mass is 9.90. The van der Waals surface area contributed by atoms with Crippen LogP contribution in [-0.4, -0.2) is 39.9 Å². The van der Waals surface area contributed by atoms with Gasteiger partial charge in [-0.1, -0.05) is 38.0 Å². The first-order valence-corrected chi connectivity index (χ1v) is 14.6. The van der Waals surface area contributed by atoms with Crippen LogP contribution in [0.15, 0.2) is 54.7 Å². The van der Waals surface area contributed by atoms with Gasteiger partial charge in [0, 0.05) is 30.8 Å². The number of carbonyl (C=O) groups is 3. The van der Waals surface area contributed by atoms with Crippen LogP contribution in [-0.2, 0) is 4.79 Å². The Morgan fingerprint density at radius 3 is 2.56 bits per heavy atom. The van der Waals surface area contributed by atoms with Gasteiger partial charge in [0.15, 0.2) is 0 Å². The van der Waals surface area contributed by atoms with Crippen molar-refractivity contribution in [1.29, 1.82) is 0 Å². The molecular weight excluding hydrogens is 540 g/mol. The predicted molar refractivity (Wildman–Crippen MR) is 158 cm³/mol. The fraction of sp³-hybridized carbons (Fsp3) is 0.300. The SMILES string of the molecule is CCC(=O)N[C@H]1CCCC[C@H]1NC(=O)c1sc2nccc3c2c1N(c1ccc(Oc2ccccc2)nc1C)C(=O)N3. The number of aromatic nitrogens is 2. The Morgan fingerprint density at radius 2 is 1.83 bits per heavy atom. The van der Waals surface area contributed by atoms with E-state index in [2.05, 4.69) is 25.9 Å². The number of hydrogen-bond donors (Lipinski definition) is 3. The number of para-hydroxylation sites is 1. The third-order valence-corrected chi connectivity index (χ3v) is 8.52. The molecule has 2 atom stereocenters. The number of ether oxygens (including phenoxy) is 1. The summed E-state index contributed by atoms with van der Waals surface area (Å²) in [5, 5.41) is 9.87. The zero-order valence-electron chi connectivity index (χ0n) is 22.8. The van der Waals surface area contributed by atoms with E-state index >= 15 is 0 Å². The molecule has 4 aromatic rings. The Bertz CT molecular complexity index is 1640. The Labute approximate surface area is 241 Å². The van der Waals surface area contributed by atoms with Crippen molar-refractivity contribution in [1.82, 2.24) is 20.6 Å². The maximum absolute atomic E-state index is 13.9. The third-order valence-electron chi connectivity index (χ3n) is 7.43. The number of aryl methyl sites for hydroxylation is 1. The minimum Gasteiger partial charge on any atom is -0.439 e. The van der Waals surface area contributed by atoms with Crippen LogP contribution < -0.4 is 25.6 Å². The van der Waals surface area contributed by atoms with Crippen molar-refractivity contribution in [3.05, 3.63) is 65.3 Å². The number of hydrogen-bond acceptors (Lipinski definition) is 7. The number of pyridine rings is 2. The van der Waals surface area contributed by atoms with E-state index in [4.69, 9.17) is 4.74 Å². The lowest BCUT2D eigenvalue weighted by Gasteiger charge is -2.33. The molecule has 0 bridgehead atoms. The van der Waals surface area contributed by atoms with Crippen molar-refractivity contribution in [3.8, 4) is 11.6 Å². The van der Waals surface area contributed by atoms with Crippen LogP contribution in [0.2, 0.25) is 0 Å². The fourth-order valence-electron chi connectivity index (χ4n) is 5.43. The Balaban J connectivity index is 1.36. The van der Waals surface area contributed by atoms with Crippen molar-refractivity contribution >= 4 is 56.5 Å². The lowest BCUT2D eigenvalue weighted by Crippen LogP contribution is -2.53. The number of urea groups is 1. The van der Waals surface area contributed by atoms with Crippen molar-refractivity contribution in [3.63, 3.8) is 0 Å². The van der Waals surface area contributed by atoms with E-state index in [9.17, 15) is 14.4 Å². The van der Waals surface area contributed by atoms with Crippen LogP contribution in [0.5, 0.6) is 11.6 Å². The standard InChI is InChI=1S/C30H30N6O4S/c1-3-23(37)33-19-11-7-8-12-20(19)34-28(38)27-26-25-21(15-16-31-29(25)41-27)35-30(39)36(26)22-13-14-24(32-17(22)2)40-18-9-5-4-6-10-18/h4-6,9-10,13-16,19-20H,3,7-8,11-12H2,1-2H3,(H,33,37)(H,34,38)(H,35,39)/t19-,20+/m0/s1. The average Bonchev–Trinajstić information content (AvgIpc) is 3.36. The smallest absolute Gasteiger partial charge is 0.331 e. The first kappa shape index (κ1) is 26.7. The molecule has 0 unspecified atom stereocenters. The molecule has 1 aromatic carbocycles. The minimum atomic E-state index is -0.398. The van der Waals surface area contributed by atoms with Crippen molar-refractivity contribution in [2.24, 2.45) is 0 Å². The van der Waals surface area contributed by atoms with Crippen LogP contribution in [0.25, 0.3) is 10.2 Å². The van der Waals surface area contributed by atoms with Gasteiger partial charge in [-0.2, -0.15) is 0 Å². The quantitative estimate of drug-likeness (QED) is 0.249. The van der Waals surface area contributed by atoms with Crippen molar-refractivity contribution in [2.45, 2.75) is 58.0 Å². The second-order valence-corrected chi connectivity index (χ2v) is 11.1. The Hall–Kier alpha value is -4.51. The van der Waals surface area contributed by atoms with Gasteiger partial charge >= 0.3 is 6.03 Å². The Morgan fingerprint density at radius 1 is 1.07 bits per heavy atom. The number of thiophene rings is 1. The fourth-order valence-corrected chi connectivity index (χ4v) is 6.49. The first-order valence-electron chi connectivity index (χ1n) is 13.8. The van der Waals surface area contributed by atoms with Crippen molar-refractivity contribution < 1.29 is 19.1 Å². The van der Waals surface area contributed by atoms with E-state index in [0.717, 1.165) is 25.7 Å². The highest BCUT2D eigenvalue weighted by Gasteiger charge is 2.36. The number of nitrogens with one attached hydrogen (secondary N) is 3. The summed E-state index contributed by atoms with van der Waals surface area (Å²) in [4.78, 5) is 51.2. The predicted octanol–water partition coefficient (Wildman–Crippen LogP) is 6.04. The second-order valence-electron chi connectivity index (χ2n) is 10.1. The topological polar surface area (TPSA) is 126 Å². The van der Waals surface area contributed by atoms with E-state index < -0.39 is 6.03 Å². The maximum Gasteiger partial charge on any atom is 0.331 e. The lowest BCUT2D eigenvalue weighted by molar-refractivity contribution is -0.121. The minimum absolute atomic E-state index is 0.0348. The van der Waals surface area contributed by atoms with Crippen LogP contribution in [0.1, 0.15) is 54.4 Å². The van der Waals surface area contributed by atoms with Crippen LogP contribution in [0.4, 0.5) is 21.9 Å². The molecule has 1 saturated carbocycles. The van der Waals surface area contributed by atoms with Crippen LogP contribution >= 0.6 is 11.3 Å². The number of nitrogens with zero attached hydrogens (tertiary/aromatic N) is 3. The first-order chi connectivity index (χ1) is 19.9. The number of anilines is 3. The summed E-state index contributed by atoms with van der Waals surface area (Å²) in [5.41, 5.74) is 2.15. The summed E-state index contributed by atoms with van der Waals surface area (Å²) in [6, 6.07) is 13.8. The van der Waals surface area contributed by atoms with Crippen molar-refractivity contribution in [2.75, 3.05) is 10.2 Å². The number of benzene rings is 1. The summed E-state index contributed by atoms with van der Waals surface area (Å²) >= 11 is 1.24. The average molecular weight is 571 g/mol. The molecule has 41 heavy (non-hydrogen) atoms. The normalized spacial score (nSPS) is 18.1. The molecule has 1 aliphatic carbocycles. The molecule has 3 N–H and O–H groups in total. The van der Waals surface area contributed by atoms with Gasteiger partial charge in [-0.25, -0.2) is 14.8 Å². The molecule has 2 aliphatic rings. The molecule has 6 rings (SSSR count). The van der Waals surface area contributed by atoms with Gasteiger partial charge in [0.2, 0.25) is 11.8 Å². The molecule has 11 heteroatoms. The number of amides is 4. The second kappa shape index (κ2) is 11.2. The molecule has 1 aliphatic heterocycles. The molecule has 4 amide bonds. The number of carbonyl (C=O) groups excluding carboxylic acids is 3. The van der Waals surface area contributed by atoms with Gasteiger partial charge in [0.1, 0.15) is 15.5 Å². The summed E-state index contributed by atoms with van der Waals surface area (Å²) in [5.74, 6) is 0.707. The van der Waals surface area contributed by atoms with E-state index in [-0.39, 0.29) is 23.9 Å². The molecule has 1 fully saturated rings. The Kier molecular flexibility index (Phi) is 7.27. The highest BCUT2D eigenvalue weighted by Crippen LogP contribution is 2.47. The third kappa shape index (κ3) is 5.20. The highest BCUT2D eigenvalue weighted by atomic mass is 32.1. The molecule has 3 aromatic heterocycles. The summed E-state index contributed by atoms with van der Waals surface area (Å²) in [7, 11) is 0. The van der Waals surface area contributed by atoms with Gasteiger partial charge in [-0.05, 0) is 44.0 Å². The molecular formula is C30H30N6O4S. The molecule has 0 spiro atoms. The molecule has 4 heterocycles. The maximum atomic E-state index is 13.9. The molecule has 10 nitrogen and oxygen atoms in total. The van der Waals surface area contributed by atoms with Gasteiger partial charge < -0.3 is 20.7 Å². The van der Waals surface area contributed by atoms with Gasteiger partial charge in [-0.3, -0.25) is 14.5 Å². The van der Waals surface area contributed by atoms with Gasteiger partial charge in [0.05, 0.1) is 28.1 Å². The van der Waals surface area contributed by atoms with Gasteiger partial charge in [0.25, 0.3) is 5.91 Å². The largest absolute Gasteiger partial charge is 0.439 e. The van der Waals surface area contributed by atoms with E-state index in [1.165, 1.54) is 16.2 Å². The monoisotopic (exact) mass is 570 g/mol.